The van der Waals surface area contributed by atoms with Crippen LogP contribution in [-0.4, -0.2) is 54.9 Å². The number of benzene rings is 2. The van der Waals surface area contributed by atoms with E-state index in [1.807, 2.05) is 12.1 Å². The van der Waals surface area contributed by atoms with Gasteiger partial charge < -0.3 is 15.0 Å². The van der Waals surface area contributed by atoms with Crippen LogP contribution in [0.1, 0.15) is 25.8 Å². The lowest BCUT2D eigenvalue weighted by Gasteiger charge is -2.31. The second-order valence-electron chi connectivity index (χ2n) is 8.65. The topological polar surface area (TPSA) is 104 Å². The molecule has 0 atom stereocenters. The number of anilines is 1. The maximum Gasteiger partial charge on any atom is 0.243 e. The molecule has 2 aliphatic rings. The van der Waals surface area contributed by atoms with E-state index in [1.54, 1.807) is 24.3 Å². The quantitative estimate of drug-likeness (QED) is 0.652. The third-order valence-corrected chi connectivity index (χ3v) is 7.88. The van der Waals surface area contributed by atoms with Crippen molar-refractivity contribution in [3.05, 3.63) is 42.0 Å². The van der Waals surface area contributed by atoms with Gasteiger partial charge in [-0.2, -0.15) is 4.31 Å². The summed E-state index contributed by atoms with van der Waals surface area (Å²) in [4.78, 5) is 20.3. The first kappa shape index (κ1) is 20.2. The van der Waals surface area contributed by atoms with E-state index in [0.717, 1.165) is 27.8 Å². The molecule has 1 fully saturated rings. The summed E-state index contributed by atoms with van der Waals surface area (Å²) < 4.78 is 32.3. The molecule has 2 aromatic carbocycles. The average molecular weight is 441 g/mol. The average Bonchev–Trinajstić information content (AvgIpc) is 3.16. The zero-order valence-electron chi connectivity index (χ0n) is 17.4. The molecule has 2 N–H and O–H groups in total. The highest BCUT2D eigenvalue weighted by Gasteiger charge is 2.32. The van der Waals surface area contributed by atoms with E-state index < -0.39 is 10.0 Å². The molecule has 0 aliphatic carbocycles. The van der Waals surface area contributed by atoms with Gasteiger partial charge >= 0.3 is 0 Å². The van der Waals surface area contributed by atoms with Crippen molar-refractivity contribution >= 4 is 32.7 Å². The lowest BCUT2D eigenvalue weighted by molar-refractivity contribution is -0.117. The van der Waals surface area contributed by atoms with Gasteiger partial charge in [0.25, 0.3) is 0 Å². The summed E-state index contributed by atoms with van der Waals surface area (Å²) in [5, 5.41) is 2.94. The highest BCUT2D eigenvalue weighted by molar-refractivity contribution is 7.89. The molecule has 162 valence electrons. The number of rotatable bonds is 3. The van der Waals surface area contributed by atoms with Crippen molar-refractivity contribution in [3.63, 3.8) is 0 Å². The maximum atomic E-state index is 12.8. The van der Waals surface area contributed by atoms with Crippen LogP contribution in [0.5, 0.6) is 0 Å². The largest absolute Gasteiger partial charge is 0.379 e. The SMILES string of the molecule is CC1(C)CC(=O)Nc2cc3nc(-c4ccc(S(=O)(=O)N5CCOCC5)cc4)[nH]c3cc21. The van der Waals surface area contributed by atoms with Crippen LogP contribution < -0.4 is 5.32 Å². The zero-order valence-corrected chi connectivity index (χ0v) is 18.3. The number of H-pyrrole nitrogens is 1. The highest BCUT2D eigenvalue weighted by Crippen LogP contribution is 2.39. The molecular weight excluding hydrogens is 416 g/mol. The standard InChI is InChI=1S/C22H24N4O4S/c1-22(2)13-20(27)23-17-12-19-18(11-16(17)22)24-21(25-19)14-3-5-15(6-4-14)31(28,29)26-7-9-30-10-8-26/h3-6,11-12H,7-10,13H2,1-2H3,(H,23,27)(H,24,25). The summed E-state index contributed by atoms with van der Waals surface area (Å²) in [5.74, 6) is 0.654. The summed E-state index contributed by atoms with van der Waals surface area (Å²) in [5.41, 5.74) is 4.02. The van der Waals surface area contributed by atoms with Crippen molar-refractivity contribution in [2.75, 3.05) is 31.6 Å². The fourth-order valence-corrected chi connectivity index (χ4v) is 5.68. The molecule has 1 amide bonds. The Bertz CT molecular complexity index is 1270. The number of carbonyl (C=O) groups excluding carboxylic acids is 1. The first-order valence-corrected chi connectivity index (χ1v) is 11.7. The first-order chi connectivity index (χ1) is 14.7. The van der Waals surface area contributed by atoms with Gasteiger partial charge in [-0.1, -0.05) is 13.8 Å². The number of imidazole rings is 1. The summed E-state index contributed by atoms with van der Waals surface area (Å²) in [6.07, 6.45) is 0.436. The Balaban J connectivity index is 1.48. The number of fused-ring (bicyclic) bond motifs is 2. The number of amides is 1. The van der Waals surface area contributed by atoms with Gasteiger partial charge in [-0.3, -0.25) is 4.79 Å². The fourth-order valence-electron chi connectivity index (χ4n) is 4.27. The molecule has 31 heavy (non-hydrogen) atoms. The van der Waals surface area contributed by atoms with Crippen LogP contribution in [0.4, 0.5) is 5.69 Å². The van der Waals surface area contributed by atoms with E-state index >= 15 is 0 Å². The number of morpholine rings is 1. The number of ether oxygens (including phenoxy) is 1. The van der Waals surface area contributed by atoms with Crippen molar-refractivity contribution in [1.82, 2.24) is 14.3 Å². The van der Waals surface area contributed by atoms with Gasteiger partial charge in [-0.25, -0.2) is 13.4 Å². The lowest BCUT2D eigenvalue weighted by Crippen LogP contribution is -2.40. The zero-order chi connectivity index (χ0) is 21.8. The smallest absolute Gasteiger partial charge is 0.243 e. The molecule has 3 heterocycles. The Morgan fingerprint density at radius 2 is 1.81 bits per heavy atom. The van der Waals surface area contributed by atoms with Gasteiger partial charge in [0, 0.05) is 36.2 Å². The van der Waals surface area contributed by atoms with Gasteiger partial charge in [0.1, 0.15) is 5.82 Å². The number of carbonyl (C=O) groups is 1. The number of nitrogens with one attached hydrogen (secondary N) is 2. The molecule has 5 rings (SSSR count). The van der Waals surface area contributed by atoms with E-state index in [4.69, 9.17) is 4.74 Å². The van der Waals surface area contributed by atoms with Crippen LogP contribution in [-0.2, 0) is 25.0 Å². The molecule has 0 unspecified atom stereocenters. The number of nitrogens with zero attached hydrogens (tertiary/aromatic N) is 2. The van der Waals surface area contributed by atoms with E-state index in [2.05, 4.69) is 29.1 Å². The van der Waals surface area contributed by atoms with Gasteiger partial charge in [0.2, 0.25) is 15.9 Å². The Hall–Kier alpha value is -2.75. The predicted octanol–water partition coefficient (Wildman–Crippen LogP) is 2.87. The van der Waals surface area contributed by atoms with E-state index in [1.165, 1.54) is 4.31 Å². The second kappa shape index (κ2) is 7.15. The Labute approximate surface area is 180 Å². The summed E-state index contributed by atoms with van der Waals surface area (Å²) >= 11 is 0. The van der Waals surface area contributed by atoms with E-state index in [0.29, 0.717) is 38.5 Å². The molecule has 3 aromatic rings. The number of sulfonamides is 1. The Kier molecular flexibility index (Phi) is 4.65. The van der Waals surface area contributed by atoms with Crippen molar-refractivity contribution in [3.8, 4) is 11.4 Å². The summed E-state index contributed by atoms with van der Waals surface area (Å²) in [6.45, 7) is 5.67. The summed E-state index contributed by atoms with van der Waals surface area (Å²) in [7, 11) is -3.53. The predicted molar refractivity (Wildman–Crippen MR) is 117 cm³/mol. The minimum Gasteiger partial charge on any atom is -0.379 e. The maximum absolute atomic E-state index is 12.8. The van der Waals surface area contributed by atoms with Gasteiger partial charge in [0.05, 0.1) is 29.1 Å². The third kappa shape index (κ3) is 3.52. The van der Waals surface area contributed by atoms with Crippen molar-refractivity contribution < 1.29 is 17.9 Å². The molecule has 9 heteroatoms. The van der Waals surface area contributed by atoms with Gasteiger partial charge in [0.15, 0.2) is 0 Å². The fraction of sp³-hybridized carbons (Fsp3) is 0.364. The van der Waals surface area contributed by atoms with Crippen molar-refractivity contribution in [2.24, 2.45) is 0 Å². The van der Waals surface area contributed by atoms with Crippen LogP contribution in [0.2, 0.25) is 0 Å². The van der Waals surface area contributed by atoms with Crippen LogP contribution >= 0.6 is 0 Å². The molecule has 0 bridgehead atoms. The Morgan fingerprint density at radius 3 is 2.52 bits per heavy atom. The van der Waals surface area contributed by atoms with E-state index in [-0.39, 0.29) is 16.2 Å². The van der Waals surface area contributed by atoms with E-state index in [9.17, 15) is 13.2 Å². The molecule has 0 spiro atoms. The number of hydrogen-bond donors (Lipinski definition) is 2. The monoisotopic (exact) mass is 440 g/mol. The van der Waals surface area contributed by atoms with Crippen LogP contribution in [0.15, 0.2) is 41.3 Å². The molecule has 1 saturated heterocycles. The third-order valence-electron chi connectivity index (χ3n) is 5.96. The Morgan fingerprint density at radius 1 is 1.10 bits per heavy atom. The molecular formula is C22H24N4O4S. The van der Waals surface area contributed by atoms with Crippen LogP contribution in [0.25, 0.3) is 22.4 Å². The number of aromatic amines is 1. The van der Waals surface area contributed by atoms with Gasteiger partial charge in [-0.15, -0.1) is 0 Å². The van der Waals surface area contributed by atoms with Crippen molar-refractivity contribution in [1.29, 1.82) is 0 Å². The molecule has 8 nitrogen and oxygen atoms in total. The molecule has 2 aliphatic heterocycles. The van der Waals surface area contributed by atoms with Gasteiger partial charge in [-0.05, 0) is 42.0 Å². The molecule has 1 aromatic heterocycles. The van der Waals surface area contributed by atoms with Crippen molar-refractivity contribution in [2.45, 2.75) is 30.6 Å². The molecule has 0 radical (unpaired) electrons. The highest BCUT2D eigenvalue weighted by atomic mass is 32.2. The first-order valence-electron chi connectivity index (χ1n) is 10.3. The second-order valence-corrected chi connectivity index (χ2v) is 10.6. The lowest BCUT2D eigenvalue weighted by atomic mass is 9.78. The summed E-state index contributed by atoms with van der Waals surface area (Å²) in [6, 6.07) is 10.7. The normalized spacial score (nSPS) is 19.2. The number of hydrogen-bond acceptors (Lipinski definition) is 5. The van der Waals surface area contributed by atoms with Crippen LogP contribution in [0, 0.1) is 0 Å². The molecule has 0 saturated carbocycles. The van der Waals surface area contributed by atoms with Crippen LogP contribution in [0.3, 0.4) is 0 Å². The minimum absolute atomic E-state index is 0.00433. The number of aromatic nitrogens is 2. The minimum atomic E-state index is -3.53.